The largest absolute Gasteiger partial charge is 0.330 e. The summed E-state index contributed by atoms with van der Waals surface area (Å²) in [6, 6.07) is 0. The number of unbranched alkanes of at least 4 members (excludes halogenated alkanes) is 3. The normalized spacial score (nSPS) is 25.7. The van der Waals surface area contributed by atoms with Gasteiger partial charge in [-0.15, -0.1) is 0 Å². The van der Waals surface area contributed by atoms with Crippen molar-refractivity contribution in [2.45, 2.75) is 58.3 Å². The van der Waals surface area contributed by atoms with Gasteiger partial charge in [-0.2, -0.15) is 0 Å². The summed E-state index contributed by atoms with van der Waals surface area (Å²) < 4.78 is 0. The van der Waals surface area contributed by atoms with E-state index in [1.165, 1.54) is 32.1 Å². The number of carbonyl (C=O) groups is 1. The van der Waals surface area contributed by atoms with E-state index in [1.54, 1.807) is 0 Å². The highest BCUT2D eigenvalue weighted by Crippen LogP contribution is 2.32. The van der Waals surface area contributed by atoms with E-state index in [9.17, 15) is 4.79 Å². The van der Waals surface area contributed by atoms with E-state index in [0.29, 0.717) is 24.2 Å². The second-order valence-electron chi connectivity index (χ2n) is 4.81. The summed E-state index contributed by atoms with van der Waals surface area (Å²) in [6.07, 6.45) is 9.05. The molecule has 0 spiro atoms. The summed E-state index contributed by atoms with van der Waals surface area (Å²) in [5.74, 6) is 1.28. The number of nitrogens with two attached hydrogens (primary N) is 1. The van der Waals surface area contributed by atoms with E-state index in [-0.39, 0.29) is 0 Å². The van der Waals surface area contributed by atoms with E-state index in [4.69, 9.17) is 5.73 Å². The van der Waals surface area contributed by atoms with Gasteiger partial charge in [-0.1, -0.05) is 32.6 Å². The summed E-state index contributed by atoms with van der Waals surface area (Å²) >= 11 is 0. The molecule has 2 unspecified atom stereocenters. The third kappa shape index (κ3) is 3.94. The van der Waals surface area contributed by atoms with E-state index < -0.39 is 0 Å². The fourth-order valence-electron chi connectivity index (χ4n) is 2.65. The molecule has 0 amide bonds. The number of hydrogen-bond donors (Lipinski definition) is 1. The third-order valence-electron chi connectivity index (χ3n) is 3.65. The van der Waals surface area contributed by atoms with Crippen molar-refractivity contribution >= 4 is 5.78 Å². The number of Topliss-reactive ketones (excluding diaryl/α,β-unsaturated/α-hetero) is 1. The molecule has 0 aromatic carbocycles. The van der Waals surface area contributed by atoms with Crippen LogP contribution in [0, 0.1) is 11.8 Å². The van der Waals surface area contributed by atoms with Crippen molar-refractivity contribution < 1.29 is 4.79 Å². The lowest BCUT2D eigenvalue weighted by molar-refractivity contribution is -0.123. The van der Waals surface area contributed by atoms with Gasteiger partial charge in [-0.3, -0.25) is 4.79 Å². The van der Waals surface area contributed by atoms with Crippen LogP contribution in [-0.4, -0.2) is 12.3 Å². The van der Waals surface area contributed by atoms with Crippen molar-refractivity contribution in [3.8, 4) is 0 Å². The molecule has 0 aromatic heterocycles. The molecule has 0 radical (unpaired) electrons. The maximum Gasteiger partial charge on any atom is 0.136 e. The monoisotopic (exact) mass is 211 g/mol. The Balaban J connectivity index is 2.21. The Hall–Kier alpha value is -0.370. The van der Waals surface area contributed by atoms with Crippen LogP contribution in [0.4, 0.5) is 0 Å². The Bertz CT molecular complexity index is 191. The Morgan fingerprint density at radius 1 is 1.27 bits per heavy atom. The Morgan fingerprint density at radius 3 is 2.73 bits per heavy atom. The van der Waals surface area contributed by atoms with Gasteiger partial charge in [-0.05, 0) is 31.7 Å². The Kier molecular flexibility index (Phi) is 5.92. The SMILES string of the molecule is CCCCCCC(=O)C1CCCC1CN. The number of ketones is 1. The Morgan fingerprint density at radius 2 is 2.07 bits per heavy atom. The van der Waals surface area contributed by atoms with Gasteiger partial charge in [0.1, 0.15) is 5.78 Å². The van der Waals surface area contributed by atoms with Crippen LogP contribution < -0.4 is 5.73 Å². The first-order valence-corrected chi connectivity index (χ1v) is 6.52. The molecule has 2 heteroatoms. The zero-order valence-electron chi connectivity index (χ0n) is 10.0. The highest BCUT2D eigenvalue weighted by molar-refractivity contribution is 5.81. The molecule has 2 atom stereocenters. The third-order valence-corrected chi connectivity index (χ3v) is 3.65. The van der Waals surface area contributed by atoms with Crippen molar-refractivity contribution in [2.24, 2.45) is 17.6 Å². The maximum atomic E-state index is 11.9. The van der Waals surface area contributed by atoms with Gasteiger partial charge in [0.15, 0.2) is 0 Å². The fourth-order valence-corrected chi connectivity index (χ4v) is 2.65. The van der Waals surface area contributed by atoms with E-state index in [0.717, 1.165) is 19.3 Å². The molecule has 0 aliphatic heterocycles. The topological polar surface area (TPSA) is 43.1 Å². The predicted octanol–water partition coefficient (Wildman–Crippen LogP) is 2.90. The van der Waals surface area contributed by atoms with Crippen LogP contribution >= 0.6 is 0 Å². The lowest BCUT2D eigenvalue weighted by Gasteiger charge is -2.16. The second-order valence-corrected chi connectivity index (χ2v) is 4.81. The molecular weight excluding hydrogens is 186 g/mol. The summed E-state index contributed by atoms with van der Waals surface area (Å²) in [7, 11) is 0. The lowest BCUT2D eigenvalue weighted by atomic mass is 9.89. The van der Waals surface area contributed by atoms with E-state index in [1.807, 2.05) is 0 Å². The molecule has 0 heterocycles. The molecule has 1 aliphatic carbocycles. The lowest BCUT2D eigenvalue weighted by Crippen LogP contribution is -2.25. The zero-order chi connectivity index (χ0) is 11.1. The predicted molar refractivity (Wildman–Crippen MR) is 63.7 cm³/mol. The number of carbonyl (C=O) groups excluding carboxylic acids is 1. The van der Waals surface area contributed by atoms with Gasteiger partial charge in [0.05, 0.1) is 0 Å². The first-order valence-electron chi connectivity index (χ1n) is 6.52. The minimum Gasteiger partial charge on any atom is -0.330 e. The number of hydrogen-bond acceptors (Lipinski definition) is 2. The molecule has 1 aliphatic rings. The first kappa shape index (κ1) is 12.7. The van der Waals surface area contributed by atoms with Crippen LogP contribution in [0.15, 0.2) is 0 Å². The van der Waals surface area contributed by atoms with Crippen LogP contribution in [-0.2, 0) is 4.79 Å². The van der Waals surface area contributed by atoms with Gasteiger partial charge in [0.2, 0.25) is 0 Å². The van der Waals surface area contributed by atoms with Crippen molar-refractivity contribution in [1.82, 2.24) is 0 Å². The molecule has 15 heavy (non-hydrogen) atoms. The molecule has 1 saturated carbocycles. The van der Waals surface area contributed by atoms with Gasteiger partial charge < -0.3 is 5.73 Å². The second kappa shape index (κ2) is 7.00. The summed E-state index contributed by atoms with van der Waals surface area (Å²) in [5.41, 5.74) is 5.69. The zero-order valence-corrected chi connectivity index (χ0v) is 10.0. The van der Waals surface area contributed by atoms with Gasteiger partial charge >= 0.3 is 0 Å². The van der Waals surface area contributed by atoms with E-state index in [2.05, 4.69) is 6.92 Å². The van der Waals surface area contributed by atoms with Crippen molar-refractivity contribution in [1.29, 1.82) is 0 Å². The molecule has 88 valence electrons. The van der Waals surface area contributed by atoms with Crippen molar-refractivity contribution in [2.75, 3.05) is 6.54 Å². The van der Waals surface area contributed by atoms with Crippen LogP contribution in [0.1, 0.15) is 58.3 Å². The summed E-state index contributed by atoms with van der Waals surface area (Å²) in [4.78, 5) is 11.9. The molecule has 1 rings (SSSR count). The van der Waals surface area contributed by atoms with E-state index >= 15 is 0 Å². The van der Waals surface area contributed by atoms with Gasteiger partial charge in [0.25, 0.3) is 0 Å². The Labute approximate surface area is 93.6 Å². The highest BCUT2D eigenvalue weighted by Gasteiger charge is 2.30. The highest BCUT2D eigenvalue weighted by atomic mass is 16.1. The summed E-state index contributed by atoms with van der Waals surface area (Å²) in [5, 5.41) is 0. The smallest absolute Gasteiger partial charge is 0.136 e. The first-order chi connectivity index (χ1) is 7.29. The van der Waals surface area contributed by atoms with Gasteiger partial charge in [-0.25, -0.2) is 0 Å². The standard InChI is InChI=1S/C13H25NO/c1-2-3-4-5-9-13(15)12-8-6-7-11(12)10-14/h11-12H,2-10,14H2,1H3. The summed E-state index contributed by atoms with van der Waals surface area (Å²) in [6.45, 7) is 2.90. The van der Waals surface area contributed by atoms with Crippen LogP contribution in [0.25, 0.3) is 0 Å². The quantitative estimate of drug-likeness (QED) is 0.658. The average Bonchev–Trinajstić information content (AvgIpc) is 2.72. The molecule has 0 bridgehead atoms. The molecule has 0 aromatic rings. The molecular formula is C13H25NO. The van der Waals surface area contributed by atoms with Crippen LogP contribution in [0.3, 0.4) is 0 Å². The van der Waals surface area contributed by atoms with Crippen molar-refractivity contribution in [3.05, 3.63) is 0 Å². The van der Waals surface area contributed by atoms with Crippen LogP contribution in [0.2, 0.25) is 0 Å². The minimum absolute atomic E-state index is 0.302. The minimum atomic E-state index is 0.302. The van der Waals surface area contributed by atoms with Gasteiger partial charge in [0, 0.05) is 12.3 Å². The maximum absolute atomic E-state index is 11.9. The molecule has 2 N–H and O–H groups in total. The van der Waals surface area contributed by atoms with Crippen LogP contribution in [0.5, 0.6) is 0 Å². The molecule has 1 fully saturated rings. The molecule has 0 saturated heterocycles. The fraction of sp³-hybridized carbons (Fsp3) is 0.923. The molecule has 2 nitrogen and oxygen atoms in total. The number of rotatable bonds is 7. The average molecular weight is 211 g/mol. The van der Waals surface area contributed by atoms with Crippen molar-refractivity contribution in [3.63, 3.8) is 0 Å².